The number of hydrogen-bond acceptors (Lipinski definition) is 3. The van der Waals surface area contributed by atoms with Crippen molar-refractivity contribution in [2.24, 2.45) is 0 Å². The van der Waals surface area contributed by atoms with E-state index in [0.29, 0.717) is 18.5 Å². The number of rotatable bonds is 5. The summed E-state index contributed by atoms with van der Waals surface area (Å²) in [4.78, 5) is 11.8. The monoisotopic (exact) mass is 309 g/mol. The van der Waals surface area contributed by atoms with Gasteiger partial charge >= 0.3 is 5.97 Å². The van der Waals surface area contributed by atoms with Crippen LogP contribution in [0.5, 0.6) is 5.75 Å². The van der Waals surface area contributed by atoms with Crippen molar-refractivity contribution in [1.82, 2.24) is 5.32 Å². The summed E-state index contributed by atoms with van der Waals surface area (Å²) < 4.78 is 5.31. The molecule has 0 saturated carbocycles. The quantitative estimate of drug-likeness (QED) is 0.891. The third-order valence-corrected chi connectivity index (χ3v) is 4.17. The highest BCUT2D eigenvalue weighted by molar-refractivity contribution is 6.05. The van der Waals surface area contributed by atoms with Gasteiger partial charge in [0, 0.05) is 24.1 Å². The zero-order valence-corrected chi connectivity index (χ0v) is 13.2. The number of ether oxygens (including phenoxy) is 1. The average molecular weight is 309 g/mol. The van der Waals surface area contributed by atoms with E-state index in [4.69, 9.17) is 4.74 Å². The molecule has 1 aliphatic rings. The van der Waals surface area contributed by atoms with E-state index in [1.165, 1.54) is 0 Å². The van der Waals surface area contributed by atoms with Gasteiger partial charge in [-0.2, -0.15) is 0 Å². The summed E-state index contributed by atoms with van der Waals surface area (Å²) in [5, 5.41) is 12.8. The maximum Gasteiger partial charge on any atom is 0.332 e. The smallest absolute Gasteiger partial charge is 0.332 e. The molecule has 0 heterocycles. The minimum atomic E-state index is -0.866. The number of carboxylic acid groups (broad SMARTS) is 1. The van der Waals surface area contributed by atoms with Gasteiger partial charge in [-0.05, 0) is 41.4 Å². The first-order chi connectivity index (χ1) is 11.2. The van der Waals surface area contributed by atoms with E-state index in [1.54, 1.807) is 7.11 Å². The Bertz CT molecular complexity index is 793. The Morgan fingerprint density at radius 1 is 1.22 bits per heavy atom. The third kappa shape index (κ3) is 2.73. The molecule has 0 radical (unpaired) electrons. The molecule has 0 unspecified atom stereocenters. The third-order valence-electron chi connectivity index (χ3n) is 4.17. The molecular weight excluding hydrogens is 290 g/mol. The molecule has 0 amide bonds. The molecule has 0 spiro atoms. The van der Waals surface area contributed by atoms with E-state index in [9.17, 15) is 9.90 Å². The zero-order valence-electron chi connectivity index (χ0n) is 13.2. The van der Waals surface area contributed by atoms with Crippen molar-refractivity contribution in [3.8, 4) is 5.75 Å². The Kier molecular flexibility index (Phi) is 4.17. The highest BCUT2D eigenvalue weighted by Gasteiger charge is 2.28. The van der Waals surface area contributed by atoms with E-state index in [2.05, 4.69) is 5.32 Å². The highest BCUT2D eigenvalue weighted by atomic mass is 16.5. The molecule has 4 heteroatoms. The van der Waals surface area contributed by atoms with Crippen LogP contribution in [0.15, 0.2) is 48.0 Å². The van der Waals surface area contributed by atoms with Crippen molar-refractivity contribution in [2.75, 3.05) is 14.2 Å². The van der Waals surface area contributed by atoms with Crippen LogP contribution in [0, 0.1) is 0 Å². The predicted molar refractivity (Wildman–Crippen MR) is 89.6 cm³/mol. The van der Waals surface area contributed by atoms with Crippen LogP contribution in [-0.4, -0.2) is 25.2 Å². The Labute approximate surface area is 135 Å². The summed E-state index contributed by atoms with van der Waals surface area (Å²) in [7, 11) is 3.50. The molecule has 118 valence electrons. The fourth-order valence-corrected chi connectivity index (χ4v) is 3.11. The van der Waals surface area contributed by atoms with E-state index in [0.717, 1.165) is 33.6 Å². The lowest BCUT2D eigenvalue weighted by Crippen LogP contribution is -2.09. The van der Waals surface area contributed by atoms with Gasteiger partial charge in [-0.1, -0.05) is 30.3 Å². The highest BCUT2D eigenvalue weighted by Crippen LogP contribution is 2.40. The number of hydrogen-bond donors (Lipinski definition) is 2. The lowest BCUT2D eigenvalue weighted by Gasteiger charge is -2.13. The summed E-state index contributed by atoms with van der Waals surface area (Å²) in [6, 6.07) is 13.7. The average Bonchev–Trinajstić information content (AvgIpc) is 2.94. The van der Waals surface area contributed by atoms with Crippen molar-refractivity contribution in [1.29, 1.82) is 0 Å². The van der Waals surface area contributed by atoms with Crippen molar-refractivity contribution in [3.05, 3.63) is 70.3 Å². The number of benzene rings is 2. The molecule has 0 atom stereocenters. The van der Waals surface area contributed by atoms with Gasteiger partial charge in [0.2, 0.25) is 0 Å². The van der Waals surface area contributed by atoms with E-state index in [-0.39, 0.29) is 0 Å². The van der Waals surface area contributed by atoms with Gasteiger partial charge in [0.25, 0.3) is 0 Å². The van der Waals surface area contributed by atoms with Crippen LogP contribution < -0.4 is 10.1 Å². The fraction of sp³-hybridized carbons (Fsp3) is 0.211. The van der Waals surface area contributed by atoms with Gasteiger partial charge < -0.3 is 15.2 Å². The normalized spacial score (nSPS) is 13.1. The van der Waals surface area contributed by atoms with Crippen LogP contribution >= 0.6 is 0 Å². The SMILES string of the molecule is CNCc1ccccc1C1=C(C(=O)O)Cc2ccc(OC)cc21. The second-order valence-electron chi connectivity index (χ2n) is 5.55. The Balaban J connectivity index is 2.23. The molecule has 4 nitrogen and oxygen atoms in total. The summed E-state index contributed by atoms with van der Waals surface area (Å²) in [5.41, 5.74) is 5.27. The summed E-state index contributed by atoms with van der Waals surface area (Å²) in [5.74, 6) is -0.131. The van der Waals surface area contributed by atoms with E-state index < -0.39 is 5.97 Å². The van der Waals surface area contributed by atoms with Gasteiger partial charge in [0.05, 0.1) is 7.11 Å². The molecule has 0 aliphatic heterocycles. The molecule has 2 N–H and O–H groups in total. The zero-order chi connectivity index (χ0) is 16.4. The number of nitrogens with one attached hydrogen (secondary N) is 1. The van der Waals surface area contributed by atoms with Crippen LogP contribution in [0.2, 0.25) is 0 Å². The number of carboxylic acids is 1. The van der Waals surface area contributed by atoms with Crippen LogP contribution in [0.4, 0.5) is 0 Å². The van der Waals surface area contributed by atoms with Crippen molar-refractivity contribution in [3.63, 3.8) is 0 Å². The minimum Gasteiger partial charge on any atom is -0.497 e. The van der Waals surface area contributed by atoms with Crippen LogP contribution in [0.1, 0.15) is 22.3 Å². The molecular formula is C19H19NO3. The Morgan fingerprint density at radius 2 is 2.00 bits per heavy atom. The molecule has 0 fully saturated rings. The number of methoxy groups -OCH3 is 1. The number of aliphatic carboxylic acids is 1. The second kappa shape index (κ2) is 6.26. The van der Waals surface area contributed by atoms with Crippen LogP contribution in [0.25, 0.3) is 5.57 Å². The van der Waals surface area contributed by atoms with Crippen molar-refractivity contribution >= 4 is 11.5 Å². The Morgan fingerprint density at radius 3 is 2.70 bits per heavy atom. The van der Waals surface area contributed by atoms with Gasteiger partial charge in [-0.15, -0.1) is 0 Å². The first-order valence-corrected chi connectivity index (χ1v) is 7.52. The topological polar surface area (TPSA) is 58.6 Å². The molecule has 2 aromatic rings. The standard InChI is InChI=1S/C19H19NO3/c1-20-11-13-5-3-4-6-15(13)18-16-10-14(23-2)8-7-12(16)9-17(18)19(21)22/h3-8,10,20H,9,11H2,1-2H3,(H,21,22). The molecule has 1 aliphatic carbocycles. The summed E-state index contributed by atoms with van der Waals surface area (Å²) in [6.45, 7) is 0.686. The number of fused-ring (bicyclic) bond motifs is 1. The fourth-order valence-electron chi connectivity index (χ4n) is 3.11. The van der Waals surface area contributed by atoms with Gasteiger partial charge in [-0.3, -0.25) is 0 Å². The van der Waals surface area contributed by atoms with Crippen molar-refractivity contribution in [2.45, 2.75) is 13.0 Å². The van der Waals surface area contributed by atoms with Crippen LogP contribution in [-0.2, 0) is 17.8 Å². The van der Waals surface area contributed by atoms with Crippen LogP contribution in [0.3, 0.4) is 0 Å². The van der Waals surface area contributed by atoms with Crippen molar-refractivity contribution < 1.29 is 14.6 Å². The molecule has 2 aromatic carbocycles. The van der Waals surface area contributed by atoms with Gasteiger partial charge in [0.1, 0.15) is 5.75 Å². The van der Waals surface area contributed by atoms with Gasteiger partial charge in [-0.25, -0.2) is 4.79 Å². The second-order valence-corrected chi connectivity index (χ2v) is 5.55. The summed E-state index contributed by atoms with van der Waals surface area (Å²) in [6.07, 6.45) is 0.442. The largest absolute Gasteiger partial charge is 0.497 e. The lowest BCUT2D eigenvalue weighted by atomic mass is 9.93. The predicted octanol–water partition coefficient (Wildman–Crippen LogP) is 2.86. The minimum absolute atomic E-state index is 0.441. The number of carbonyl (C=O) groups is 1. The summed E-state index contributed by atoms with van der Waals surface area (Å²) >= 11 is 0. The molecule has 23 heavy (non-hydrogen) atoms. The maximum absolute atomic E-state index is 11.8. The molecule has 0 saturated heterocycles. The van der Waals surface area contributed by atoms with Gasteiger partial charge in [0.15, 0.2) is 0 Å². The molecule has 3 rings (SSSR count). The van der Waals surface area contributed by atoms with E-state index >= 15 is 0 Å². The Hall–Kier alpha value is -2.59. The lowest BCUT2D eigenvalue weighted by molar-refractivity contribution is -0.132. The first-order valence-electron chi connectivity index (χ1n) is 7.52. The van der Waals surface area contributed by atoms with E-state index in [1.807, 2.05) is 49.5 Å². The molecule has 0 aromatic heterocycles. The molecule has 0 bridgehead atoms. The maximum atomic E-state index is 11.8. The first kappa shape index (κ1) is 15.3.